The van der Waals surface area contributed by atoms with Crippen molar-refractivity contribution >= 4 is 5.91 Å². The van der Waals surface area contributed by atoms with Crippen molar-refractivity contribution in [2.24, 2.45) is 5.73 Å². The minimum absolute atomic E-state index is 0.345. The molecule has 0 bridgehead atoms. The van der Waals surface area contributed by atoms with Crippen LogP contribution in [0.15, 0.2) is 24.3 Å². The van der Waals surface area contributed by atoms with Crippen molar-refractivity contribution in [1.82, 2.24) is 10.2 Å². The number of nitrogens with zero attached hydrogens (tertiary/aromatic N) is 1. The first-order chi connectivity index (χ1) is 9.74. The molecular formula is C16H23N3O. The Labute approximate surface area is 120 Å². The Morgan fingerprint density at radius 3 is 3.00 bits per heavy atom. The molecule has 0 spiro atoms. The van der Waals surface area contributed by atoms with Gasteiger partial charge in [0.15, 0.2) is 0 Å². The number of likely N-dealkylation sites (tertiary alicyclic amines) is 1. The summed E-state index contributed by atoms with van der Waals surface area (Å²) in [6.45, 7) is 3.24. The summed E-state index contributed by atoms with van der Waals surface area (Å²) in [5.41, 5.74) is 7.15. The lowest BCUT2D eigenvalue weighted by molar-refractivity contribution is 0.1000. The van der Waals surface area contributed by atoms with Gasteiger partial charge in [-0.1, -0.05) is 12.1 Å². The number of amides is 1. The largest absolute Gasteiger partial charge is 0.366 e. The van der Waals surface area contributed by atoms with Gasteiger partial charge in [0.2, 0.25) is 5.91 Å². The Morgan fingerprint density at radius 2 is 2.25 bits per heavy atom. The lowest BCUT2D eigenvalue weighted by Crippen LogP contribution is -2.43. The zero-order chi connectivity index (χ0) is 13.9. The first-order valence-corrected chi connectivity index (χ1v) is 7.60. The summed E-state index contributed by atoms with van der Waals surface area (Å²) in [6.07, 6.45) is 5.15. The van der Waals surface area contributed by atoms with Crippen molar-refractivity contribution in [1.29, 1.82) is 0 Å². The van der Waals surface area contributed by atoms with Crippen molar-refractivity contribution in [2.75, 3.05) is 13.1 Å². The molecule has 2 fully saturated rings. The van der Waals surface area contributed by atoms with Crippen molar-refractivity contribution in [3.05, 3.63) is 35.4 Å². The van der Waals surface area contributed by atoms with Crippen LogP contribution < -0.4 is 11.1 Å². The van der Waals surface area contributed by atoms with Crippen molar-refractivity contribution in [3.63, 3.8) is 0 Å². The number of nitrogens with one attached hydrogen (secondary N) is 1. The molecule has 2 aliphatic rings. The maximum atomic E-state index is 11.3. The highest BCUT2D eigenvalue weighted by Crippen LogP contribution is 2.26. The second-order valence-corrected chi connectivity index (χ2v) is 5.95. The monoisotopic (exact) mass is 273 g/mol. The van der Waals surface area contributed by atoms with Crippen molar-refractivity contribution < 1.29 is 4.79 Å². The second-order valence-electron chi connectivity index (χ2n) is 5.95. The van der Waals surface area contributed by atoms with E-state index in [0.717, 1.165) is 19.6 Å². The van der Waals surface area contributed by atoms with E-state index in [1.165, 1.54) is 31.2 Å². The number of primary amides is 1. The Bertz CT molecular complexity index is 482. The minimum Gasteiger partial charge on any atom is -0.366 e. The lowest BCUT2D eigenvalue weighted by atomic mass is 10.0. The standard InChI is InChI=1S/C16H23N3O/c17-16(20)13-5-1-4-12(10-13)11-19-9-3-7-15(19)14-6-2-8-18-14/h1,4-5,10,14-15,18H,2-3,6-9,11H2,(H2,17,20). The number of carbonyl (C=O) groups is 1. The summed E-state index contributed by atoms with van der Waals surface area (Å²) in [7, 11) is 0. The fraction of sp³-hybridized carbons (Fsp3) is 0.562. The molecule has 2 atom stereocenters. The summed E-state index contributed by atoms with van der Waals surface area (Å²) in [4.78, 5) is 13.8. The van der Waals surface area contributed by atoms with Gasteiger partial charge in [0.25, 0.3) is 0 Å². The number of hydrogen-bond donors (Lipinski definition) is 2. The van der Waals surface area contributed by atoms with Gasteiger partial charge in [0.05, 0.1) is 0 Å². The highest BCUT2D eigenvalue weighted by Gasteiger charge is 2.32. The molecule has 0 aliphatic carbocycles. The third-order valence-corrected chi connectivity index (χ3v) is 4.57. The Balaban J connectivity index is 1.69. The first kappa shape index (κ1) is 13.6. The fourth-order valence-corrected chi connectivity index (χ4v) is 3.60. The first-order valence-electron chi connectivity index (χ1n) is 7.60. The quantitative estimate of drug-likeness (QED) is 0.874. The third kappa shape index (κ3) is 2.86. The van der Waals surface area contributed by atoms with Crippen LogP contribution in [0.5, 0.6) is 0 Å². The van der Waals surface area contributed by atoms with Crippen molar-refractivity contribution in [2.45, 2.75) is 44.3 Å². The Hall–Kier alpha value is -1.39. The highest BCUT2D eigenvalue weighted by atomic mass is 16.1. The zero-order valence-corrected chi connectivity index (χ0v) is 11.8. The second kappa shape index (κ2) is 5.94. The van der Waals surface area contributed by atoms with Crippen molar-refractivity contribution in [3.8, 4) is 0 Å². The molecule has 3 N–H and O–H groups in total. The number of nitrogens with two attached hydrogens (primary N) is 1. The van der Waals surface area contributed by atoms with Gasteiger partial charge in [0.1, 0.15) is 0 Å². The normalized spacial score (nSPS) is 27.0. The maximum absolute atomic E-state index is 11.3. The van der Waals surface area contributed by atoms with Crippen LogP contribution in [-0.4, -0.2) is 36.0 Å². The maximum Gasteiger partial charge on any atom is 0.248 e. The summed E-state index contributed by atoms with van der Waals surface area (Å²) >= 11 is 0. The molecule has 1 aromatic carbocycles. The number of hydrogen-bond acceptors (Lipinski definition) is 3. The van der Waals surface area contributed by atoms with Crippen LogP contribution in [0.25, 0.3) is 0 Å². The van der Waals surface area contributed by atoms with Crippen LogP contribution in [0, 0.1) is 0 Å². The molecule has 0 saturated carbocycles. The smallest absolute Gasteiger partial charge is 0.248 e. The van der Waals surface area contributed by atoms with E-state index in [1.54, 1.807) is 6.07 Å². The molecule has 0 radical (unpaired) electrons. The van der Waals surface area contributed by atoms with Crippen LogP contribution in [-0.2, 0) is 6.54 Å². The van der Waals surface area contributed by atoms with Crippen LogP contribution in [0.3, 0.4) is 0 Å². The van der Waals surface area contributed by atoms with E-state index in [9.17, 15) is 4.79 Å². The summed E-state index contributed by atoms with van der Waals surface area (Å²) < 4.78 is 0. The summed E-state index contributed by atoms with van der Waals surface area (Å²) in [5, 5.41) is 3.63. The molecule has 3 rings (SSSR count). The molecule has 4 heteroatoms. The molecule has 4 nitrogen and oxygen atoms in total. The van der Waals surface area contributed by atoms with Crippen LogP contribution in [0.4, 0.5) is 0 Å². The van der Waals surface area contributed by atoms with Crippen LogP contribution >= 0.6 is 0 Å². The number of benzene rings is 1. The zero-order valence-electron chi connectivity index (χ0n) is 11.8. The minimum atomic E-state index is -0.345. The predicted molar refractivity (Wildman–Crippen MR) is 79.4 cm³/mol. The molecule has 1 aromatic rings. The lowest BCUT2D eigenvalue weighted by Gasteiger charge is -2.29. The predicted octanol–water partition coefficient (Wildman–Crippen LogP) is 1.50. The number of rotatable bonds is 4. The van der Waals surface area contributed by atoms with E-state index in [0.29, 0.717) is 17.6 Å². The third-order valence-electron chi connectivity index (χ3n) is 4.57. The van der Waals surface area contributed by atoms with Crippen LogP contribution in [0.1, 0.15) is 41.6 Å². The summed E-state index contributed by atoms with van der Waals surface area (Å²) in [5.74, 6) is -0.345. The van der Waals surface area contributed by atoms with Crippen LogP contribution in [0.2, 0.25) is 0 Å². The van der Waals surface area contributed by atoms with E-state index in [4.69, 9.17) is 5.73 Å². The van der Waals surface area contributed by atoms with Gasteiger partial charge in [-0.3, -0.25) is 9.69 Å². The Kier molecular flexibility index (Phi) is 4.03. The van der Waals surface area contributed by atoms with Gasteiger partial charge < -0.3 is 11.1 Å². The Morgan fingerprint density at radius 1 is 1.35 bits per heavy atom. The molecule has 2 aliphatic heterocycles. The molecule has 2 saturated heterocycles. The highest BCUT2D eigenvalue weighted by molar-refractivity contribution is 5.92. The molecule has 20 heavy (non-hydrogen) atoms. The van der Waals surface area contributed by atoms with E-state index in [-0.39, 0.29) is 5.91 Å². The molecule has 1 amide bonds. The fourth-order valence-electron chi connectivity index (χ4n) is 3.60. The average molecular weight is 273 g/mol. The molecular weight excluding hydrogens is 250 g/mol. The number of carbonyl (C=O) groups excluding carboxylic acids is 1. The molecule has 2 heterocycles. The molecule has 2 unspecified atom stereocenters. The van der Waals surface area contributed by atoms with E-state index in [1.807, 2.05) is 12.1 Å². The van der Waals surface area contributed by atoms with Gasteiger partial charge in [-0.2, -0.15) is 0 Å². The van der Waals surface area contributed by atoms with E-state index < -0.39 is 0 Å². The van der Waals surface area contributed by atoms with E-state index >= 15 is 0 Å². The van der Waals surface area contributed by atoms with Gasteiger partial charge in [-0.25, -0.2) is 0 Å². The van der Waals surface area contributed by atoms with Gasteiger partial charge in [-0.05, 0) is 56.5 Å². The average Bonchev–Trinajstić information content (AvgIpc) is 3.09. The summed E-state index contributed by atoms with van der Waals surface area (Å²) in [6, 6.07) is 9.02. The van der Waals surface area contributed by atoms with Gasteiger partial charge >= 0.3 is 0 Å². The van der Waals surface area contributed by atoms with E-state index in [2.05, 4.69) is 16.3 Å². The topological polar surface area (TPSA) is 58.4 Å². The molecule has 0 aromatic heterocycles. The van der Waals surface area contributed by atoms with Gasteiger partial charge in [0, 0.05) is 24.2 Å². The SMILES string of the molecule is NC(=O)c1cccc(CN2CCCC2C2CCCN2)c1. The van der Waals surface area contributed by atoms with Gasteiger partial charge in [-0.15, -0.1) is 0 Å². The molecule has 108 valence electrons.